The van der Waals surface area contributed by atoms with Gasteiger partial charge in [-0.3, -0.25) is 4.90 Å². The van der Waals surface area contributed by atoms with Gasteiger partial charge in [-0.25, -0.2) is 0 Å². The molecule has 3 heterocycles. The van der Waals surface area contributed by atoms with E-state index in [1.54, 1.807) is 0 Å². The number of rotatable bonds is 4. The smallest absolute Gasteiger partial charge is 0.247 e. The summed E-state index contributed by atoms with van der Waals surface area (Å²) in [5.74, 6) is 1.27. The molecule has 0 amide bonds. The topological polar surface area (TPSA) is 42.2 Å². The molecule has 6 heteroatoms. The summed E-state index contributed by atoms with van der Waals surface area (Å²) in [7, 11) is 0. The maximum atomic E-state index is 5.86. The Labute approximate surface area is 147 Å². The summed E-state index contributed by atoms with van der Waals surface area (Å²) in [5, 5.41) is 10.6. The molecule has 1 aromatic carbocycles. The zero-order valence-corrected chi connectivity index (χ0v) is 14.9. The molecule has 2 aromatic heterocycles. The van der Waals surface area contributed by atoms with E-state index in [4.69, 9.17) is 4.42 Å². The van der Waals surface area contributed by atoms with Gasteiger partial charge in [0.2, 0.25) is 11.8 Å². The van der Waals surface area contributed by atoms with Gasteiger partial charge in [0.25, 0.3) is 0 Å². The number of hydrogen-bond acceptors (Lipinski definition) is 5. The van der Waals surface area contributed by atoms with Crippen LogP contribution in [0.3, 0.4) is 0 Å². The fourth-order valence-corrected chi connectivity index (χ4v) is 4.18. The summed E-state index contributed by atoms with van der Waals surface area (Å²) in [4.78, 5) is 3.86. The Bertz CT molecular complexity index is 770. The third-order valence-electron chi connectivity index (χ3n) is 4.13. The maximum absolute atomic E-state index is 5.86. The Kier molecular flexibility index (Phi) is 4.29. The van der Waals surface area contributed by atoms with Crippen LogP contribution in [0, 0.1) is 0 Å². The van der Waals surface area contributed by atoms with Gasteiger partial charge in [0.1, 0.15) is 0 Å². The second kappa shape index (κ2) is 6.55. The number of likely N-dealkylation sites (tertiary alicyclic amines) is 1. The lowest BCUT2D eigenvalue weighted by Gasteiger charge is -2.21. The van der Waals surface area contributed by atoms with Gasteiger partial charge in [-0.1, -0.05) is 22.0 Å². The molecule has 1 fully saturated rings. The molecule has 0 saturated carbocycles. The van der Waals surface area contributed by atoms with Crippen molar-refractivity contribution in [3.05, 3.63) is 57.0 Å². The van der Waals surface area contributed by atoms with Crippen LogP contribution in [0.2, 0.25) is 0 Å². The van der Waals surface area contributed by atoms with Crippen molar-refractivity contribution in [2.45, 2.75) is 25.4 Å². The second-order valence-electron chi connectivity index (χ2n) is 5.65. The van der Waals surface area contributed by atoms with E-state index in [-0.39, 0.29) is 0 Å². The van der Waals surface area contributed by atoms with Crippen LogP contribution >= 0.6 is 27.3 Å². The Hall–Kier alpha value is -1.50. The first kappa shape index (κ1) is 15.1. The van der Waals surface area contributed by atoms with Crippen LogP contribution in [0.1, 0.15) is 29.7 Å². The molecule has 4 nitrogen and oxygen atoms in total. The molecular weight excluding hydrogens is 374 g/mol. The summed E-state index contributed by atoms with van der Waals surface area (Å²) in [6.07, 6.45) is 2.42. The SMILES string of the molecule is Brc1ccc(-c2nnc(CN3CCCC3c3cccs3)o2)cc1. The lowest BCUT2D eigenvalue weighted by Crippen LogP contribution is -2.22. The summed E-state index contributed by atoms with van der Waals surface area (Å²) in [6.45, 7) is 1.80. The Morgan fingerprint density at radius 3 is 2.87 bits per heavy atom. The predicted molar refractivity (Wildman–Crippen MR) is 94.1 cm³/mol. The lowest BCUT2D eigenvalue weighted by atomic mass is 10.2. The molecule has 0 bridgehead atoms. The Morgan fingerprint density at radius 2 is 2.09 bits per heavy atom. The van der Waals surface area contributed by atoms with Gasteiger partial charge in [-0.05, 0) is 55.1 Å². The number of benzene rings is 1. The minimum Gasteiger partial charge on any atom is -0.419 e. The minimum absolute atomic E-state index is 0.484. The highest BCUT2D eigenvalue weighted by Gasteiger charge is 2.28. The molecule has 23 heavy (non-hydrogen) atoms. The van der Waals surface area contributed by atoms with E-state index >= 15 is 0 Å². The maximum Gasteiger partial charge on any atom is 0.247 e. The van der Waals surface area contributed by atoms with E-state index in [9.17, 15) is 0 Å². The molecule has 1 saturated heterocycles. The number of nitrogens with zero attached hydrogens (tertiary/aromatic N) is 3. The van der Waals surface area contributed by atoms with Crippen LogP contribution in [0.15, 0.2) is 50.7 Å². The molecule has 1 atom stereocenters. The highest BCUT2D eigenvalue weighted by atomic mass is 79.9. The van der Waals surface area contributed by atoms with Gasteiger partial charge in [0.15, 0.2) is 0 Å². The standard InChI is InChI=1S/C17H16BrN3OS/c18-13-7-5-12(6-8-13)17-20-19-16(22-17)11-21-9-1-3-14(21)15-4-2-10-23-15/h2,4-8,10,14H,1,3,9,11H2. The number of aromatic nitrogens is 2. The van der Waals surface area contributed by atoms with Crippen LogP contribution in [-0.4, -0.2) is 21.6 Å². The van der Waals surface area contributed by atoms with Gasteiger partial charge in [-0.15, -0.1) is 21.5 Å². The van der Waals surface area contributed by atoms with Crippen molar-refractivity contribution in [1.82, 2.24) is 15.1 Å². The molecular formula is C17H16BrN3OS. The fraction of sp³-hybridized carbons (Fsp3) is 0.294. The molecule has 118 valence electrons. The average molecular weight is 390 g/mol. The fourth-order valence-electron chi connectivity index (χ4n) is 3.02. The Balaban J connectivity index is 1.50. The molecule has 4 rings (SSSR count). The molecule has 0 aliphatic carbocycles. The zero-order chi connectivity index (χ0) is 15.6. The summed E-state index contributed by atoms with van der Waals surface area (Å²) < 4.78 is 6.90. The highest BCUT2D eigenvalue weighted by Crippen LogP contribution is 2.35. The van der Waals surface area contributed by atoms with Gasteiger partial charge in [0, 0.05) is 21.0 Å². The minimum atomic E-state index is 0.484. The molecule has 1 aliphatic rings. The normalized spacial score (nSPS) is 18.6. The average Bonchev–Trinajstić information content (AvgIpc) is 3.29. The first-order chi connectivity index (χ1) is 11.3. The van der Waals surface area contributed by atoms with Crippen molar-refractivity contribution in [3.63, 3.8) is 0 Å². The van der Waals surface area contributed by atoms with Gasteiger partial charge in [0.05, 0.1) is 6.54 Å². The van der Waals surface area contributed by atoms with E-state index in [1.165, 1.54) is 17.7 Å². The van der Waals surface area contributed by atoms with Crippen LogP contribution in [-0.2, 0) is 6.54 Å². The van der Waals surface area contributed by atoms with Crippen LogP contribution in [0.4, 0.5) is 0 Å². The molecule has 1 aliphatic heterocycles. The molecule has 0 radical (unpaired) electrons. The largest absolute Gasteiger partial charge is 0.419 e. The molecule has 3 aromatic rings. The van der Waals surface area contributed by atoms with Crippen molar-refractivity contribution in [1.29, 1.82) is 0 Å². The van der Waals surface area contributed by atoms with Gasteiger partial charge in [-0.2, -0.15) is 0 Å². The van der Waals surface area contributed by atoms with Crippen molar-refractivity contribution >= 4 is 27.3 Å². The van der Waals surface area contributed by atoms with Crippen molar-refractivity contribution in [3.8, 4) is 11.5 Å². The molecule has 0 N–H and O–H groups in total. The molecule has 1 unspecified atom stereocenters. The first-order valence-electron chi connectivity index (χ1n) is 7.65. The predicted octanol–water partition coefficient (Wildman–Crippen LogP) is 4.90. The highest BCUT2D eigenvalue weighted by molar-refractivity contribution is 9.10. The van der Waals surface area contributed by atoms with E-state index < -0.39 is 0 Å². The summed E-state index contributed by atoms with van der Waals surface area (Å²) in [5.41, 5.74) is 0.947. The number of thiophene rings is 1. The third kappa shape index (κ3) is 3.24. The van der Waals surface area contributed by atoms with E-state index in [1.807, 2.05) is 35.6 Å². The van der Waals surface area contributed by atoms with Gasteiger partial charge < -0.3 is 4.42 Å². The van der Waals surface area contributed by atoms with Crippen LogP contribution in [0.25, 0.3) is 11.5 Å². The first-order valence-corrected chi connectivity index (χ1v) is 9.32. The van der Waals surface area contributed by atoms with Crippen LogP contribution in [0.5, 0.6) is 0 Å². The van der Waals surface area contributed by atoms with Gasteiger partial charge >= 0.3 is 0 Å². The summed E-state index contributed by atoms with van der Waals surface area (Å²) >= 11 is 5.26. The van der Waals surface area contributed by atoms with Crippen molar-refractivity contribution < 1.29 is 4.42 Å². The number of halogens is 1. The van der Waals surface area contributed by atoms with Crippen LogP contribution < -0.4 is 0 Å². The van der Waals surface area contributed by atoms with Crippen molar-refractivity contribution in [2.75, 3.05) is 6.54 Å². The monoisotopic (exact) mass is 389 g/mol. The van der Waals surface area contributed by atoms with E-state index in [0.29, 0.717) is 24.4 Å². The summed E-state index contributed by atoms with van der Waals surface area (Å²) in [6, 6.07) is 12.7. The zero-order valence-electron chi connectivity index (χ0n) is 12.5. The molecule has 0 spiro atoms. The van der Waals surface area contributed by atoms with Crippen molar-refractivity contribution in [2.24, 2.45) is 0 Å². The van der Waals surface area contributed by atoms with E-state index in [0.717, 1.165) is 16.6 Å². The quantitative estimate of drug-likeness (QED) is 0.636. The van der Waals surface area contributed by atoms with E-state index in [2.05, 4.69) is 48.5 Å². The Morgan fingerprint density at radius 1 is 1.22 bits per heavy atom. The second-order valence-corrected chi connectivity index (χ2v) is 7.55. The third-order valence-corrected chi connectivity index (χ3v) is 5.63. The number of hydrogen-bond donors (Lipinski definition) is 0. The lowest BCUT2D eigenvalue weighted by molar-refractivity contribution is 0.227.